The number of carbonyl (C=O) groups is 1. The minimum absolute atomic E-state index is 0.133. The molecule has 2 N–H and O–H groups in total. The summed E-state index contributed by atoms with van der Waals surface area (Å²) >= 11 is 0. The summed E-state index contributed by atoms with van der Waals surface area (Å²) in [4.78, 5) is 11.7. The third kappa shape index (κ3) is 3.64. The van der Waals surface area contributed by atoms with Gasteiger partial charge < -0.3 is 15.2 Å². The van der Waals surface area contributed by atoms with E-state index in [0.29, 0.717) is 12.2 Å². The molecule has 0 spiro atoms. The van der Waals surface area contributed by atoms with Crippen molar-refractivity contribution in [3.63, 3.8) is 0 Å². The monoisotopic (exact) mass is 223 g/mol. The topological polar surface area (TPSA) is 58.6 Å². The Morgan fingerprint density at radius 1 is 1.44 bits per heavy atom. The molecule has 1 amide bonds. The number of aryl methyl sites for hydroxylation is 1. The van der Waals surface area contributed by atoms with Crippen LogP contribution in [0.25, 0.3) is 0 Å². The molecule has 4 heteroatoms. The van der Waals surface area contributed by atoms with Crippen molar-refractivity contribution in [1.29, 1.82) is 0 Å². The van der Waals surface area contributed by atoms with Crippen molar-refractivity contribution >= 4 is 5.91 Å². The van der Waals surface area contributed by atoms with Crippen molar-refractivity contribution in [2.75, 3.05) is 20.3 Å². The molecule has 1 atom stereocenters. The summed E-state index contributed by atoms with van der Waals surface area (Å²) < 4.78 is 4.88. The van der Waals surface area contributed by atoms with Crippen molar-refractivity contribution in [2.45, 2.75) is 13.0 Å². The quantitative estimate of drug-likeness (QED) is 0.773. The van der Waals surface area contributed by atoms with Crippen LogP contribution in [0.5, 0.6) is 0 Å². The largest absolute Gasteiger partial charge is 0.394 e. The van der Waals surface area contributed by atoms with E-state index in [9.17, 15) is 4.79 Å². The number of amides is 1. The number of aliphatic hydroxyl groups excluding tert-OH is 1. The number of ether oxygens (including phenoxy) is 1. The summed E-state index contributed by atoms with van der Waals surface area (Å²) in [7, 11) is 1.53. The second kappa shape index (κ2) is 6.25. The normalized spacial score (nSPS) is 12.2. The first kappa shape index (κ1) is 12.7. The van der Waals surface area contributed by atoms with Crippen LogP contribution in [0.4, 0.5) is 0 Å². The maximum absolute atomic E-state index is 11.7. The second-order valence-electron chi connectivity index (χ2n) is 3.67. The molecule has 0 aliphatic rings. The summed E-state index contributed by atoms with van der Waals surface area (Å²) in [5.41, 5.74) is 1.69. The van der Waals surface area contributed by atoms with E-state index in [0.717, 1.165) is 5.56 Å². The summed E-state index contributed by atoms with van der Waals surface area (Å²) in [5, 5.41) is 11.7. The molecule has 88 valence electrons. The van der Waals surface area contributed by atoms with Gasteiger partial charge in [-0.05, 0) is 19.1 Å². The molecule has 0 radical (unpaired) electrons. The van der Waals surface area contributed by atoms with Gasteiger partial charge in [-0.3, -0.25) is 4.79 Å². The molecule has 0 bridgehead atoms. The highest BCUT2D eigenvalue weighted by atomic mass is 16.5. The molecule has 16 heavy (non-hydrogen) atoms. The number of rotatable bonds is 5. The molecule has 0 fully saturated rings. The number of nitrogens with one attached hydrogen (secondary N) is 1. The molecule has 0 aromatic heterocycles. The summed E-state index contributed by atoms with van der Waals surface area (Å²) in [6, 6.07) is 6.90. The molecule has 1 unspecified atom stereocenters. The second-order valence-corrected chi connectivity index (χ2v) is 3.67. The molecule has 0 saturated carbocycles. The van der Waals surface area contributed by atoms with Gasteiger partial charge in [0.05, 0.1) is 19.3 Å². The molecule has 4 nitrogen and oxygen atoms in total. The minimum Gasteiger partial charge on any atom is -0.394 e. The zero-order valence-electron chi connectivity index (χ0n) is 9.56. The van der Waals surface area contributed by atoms with Crippen molar-refractivity contribution in [3.8, 4) is 0 Å². The van der Waals surface area contributed by atoms with Crippen LogP contribution in [-0.2, 0) is 4.74 Å². The first-order valence-electron chi connectivity index (χ1n) is 5.14. The minimum atomic E-state index is -0.362. The van der Waals surface area contributed by atoms with Crippen molar-refractivity contribution < 1.29 is 14.6 Å². The predicted octanol–water partition coefficient (Wildman–Crippen LogP) is 0.732. The van der Waals surface area contributed by atoms with E-state index < -0.39 is 0 Å². The van der Waals surface area contributed by atoms with Gasteiger partial charge in [0.15, 0.2) is 0 Å². The predicted molar refractivity (Wildman–Crippen MR) is 61.4 cm³/mol. The lowest BCUT2D eigenvalue weighted by atomic mass is 10.1. The van der Waals surface area contributed by atoms with Crippen LogP contribution in [0, 0.1) is 6.92 Å². The Morgan fingerprint density at radius 2 is 2.06 bits per heavy atom. The number of methoxy groups -OCH3 is 1. The van der Waals surface area contributed by atoms with Gasteiger partial charge in [0, 0.05) is 12.7 Å². The summed E-state index contributed by atoms with van der Waals surface area (Å²) in [6.07, 6.45) is 0. The highest BCUT2D eigenvalue weighted by Gasteiger charge is 2.12. The standard InChI is InChI=1S/C12H17NO3/c1-9-3-5-10(6-4-9)12(15)13-11(7-14)8-16-2/h3-6,11,14H,7-8H2,1-2H3,(H,13,15). The molecule has 0 saturated heterocycles. The van der Waals surface area contributed by atoms with Crippen LogP contribution in [-0.4, -0.2) is 37.4 Å². The molecule has 0 aliphatic carbocycles. The fourth-order valence-corrected chi connectivity index (χ4v) is 1.31. The average molecular weight is 223 g/mol. The van der Waals surface area contributed by atoms with Crippen LogP contribution in [0.15, 0.2) is 24.3 Å². The highest BCUT2D eigenvalue weighted by Crippen LogP contribution is 2.03. The number of hydrogen-bond acceptors (Lipinski definition) is 3. The van der Waals surface area contributed by atoms with Gasteiger partial charge in [-0.1, -0.05) is 17.7 Å². The fraction of sp³-hybridized carbons (Fsp3) is 0.417. The SMILES string of the molecule is COCC(CO)NC(=O)c1ccc(C)cc1. The molecule has 0 heterocycles. The third-order valence-corrected chi connectivity index (χ3v) is 2.24. The maximum Gasteiger partial charge on any atom is 0.251 e. The Bertz CT molecular complexity index is 335. The van der Waals surface area contributed by atoms with Gasteiger partial charge in [0.1, 0.15) is 0 Å². The van der Waals surface area contributed by atoms with Gasteiger partial charge in [-0.2, -0.15) is 0 Å². The zero-order valence-corrected chi connectivity index (χ0v) is 9.56. The van der Waals surface area contributed by atoms with E-state index in [1.54, 1.807) is 12.1 Å². The molecule has 1 rings (SSSR count). The van der Waals surface area contributed by atoms with Crippen LogP contribution in [0.1, 0.15) is 15.9 Å². The average Bonchev–Trinajstić information content (AvgIpc) is 2.29. The van der Waals surface area contributed by atoms with E-state index in [4.69, 9.17) is 9.84 Å². The highest BCUT2D eigenvalue weighted by molar-refractivity contribution is 5.94. The molecular formula is C12H17NO3. The molecule has 0 aliphatic heterocycles. The van der Waals surface area contributed by atoms with Crippen LogP contribution < -0.4 is 5.32 Å². The van der Waals surface area contributed by atoms with Gasteiger partial charge in [-0.25, -0.2) is 0 Å². The van der Waals surface area contributed by atoms with E-state index in [2.05, 4.69) is 5.32 Å². The van der Waals surface area contributed by atoms with Crippen LogP contribution >= 0.6 is 0 Å². The lowest BCUT2D eigenvalue weighted by Crippen LogP contribution is -2.40. The zero-order chi connectivity index (χ0) is 12.0. The van der Waals surface area contributed by atoms with Crippen molar-refractivity contribution in [2.24, 2.45) is 0 Å². The van der Waals surface area contributed by atoms with Crippen LogP contribution in [0.3, 0.4) is 0 Å². The summed E-state index contributed by atoms with van der Waals surface area (Å²) in [6.45, 7) is 2.13. The van der Waals surface area contributed by atoms with Gasteiger partial charge in [0.25, 0.3) is 5.91 Å². The van der Waals surface area contributed by atoms with E-state index >= 15 is 0 Å². The molecule has 1 aromatic rings. The number of carbonyl (C=O) groups excluding carboxylic acids is 1. The van der Waals surface area contributed by atoms with Gasteiger partial charge >= 0.3 is 0 Å². The van der Waals surface area contributed by atoms with Gasteiger partial charge in [0.2, 0.25) is 0 Å². The fourth-order valence-electron chi connectivity index (χ4n) is 1.31. The number of benzene rings is 1. The van der Waals surface area contributed by atoms with Crippen molar-refractivity contribution in [1.82, 2.24) is 5.32 Å². The van der Waals surface area contributed by atoms with Crippen molar-refractivity contribution in [3.05, 3.63) is 35.4 Å². The smallest absolute Gasteiger partial charge is 0.251 e. The number of aliphatic hydroxyl groups is 1. The Balaban J connectivity index is 2.60. The van der Waals surface area contributed by atoms with Gasteiger partial charge in [-0.15, -0.1) is 0 Å². The summed E-state index contributed by atoms with van der Waals surface area (Å²) in [5.74, 6) is -0.198. The van der Waals surface area contributed by atoms with Crippen LogP contribution in [0.2, 0.25) is 0 Å². The van der Waals surface area contributed by atoms with E-state index in [1.807, 2.05) is 19.1 Å². The Labute approximate surface area is 95.2 Å². The maximum atomic E-state index is 11.7. The Morgan fingerprint density at radius 3 is 2.56 bits per heavy atom. The third-order valence-electron chi connectivity index (χ3n) is 2.24. The lowest BCUT2D eigenvalue weighted by molar-refractivity contribution is 0.0839. The number of hydrogen-bond donors (Lipinski definition) is 2. The Hall–Kier alpha value is -1.39. The molecule has 1 aromatic carbocycles. The first-order chi connectivity index (χ1) is 7.67. The van der Waals surface area contributed by atoms with E-state index in [-0.39, 0.29) is 18.6 Å². The first-order valence-corrected chi connectivity index (χ1v) is 5.14. The lowest BCUT2D eigenvalue weighted by Gasteiger charge is -2.15. The Kier molecular flexibility index (Phi) is 4.95. The van der Waals surface area contributed by atoms with E-state index in [1.165, 1.54) is 7.11 Å². The molecular weight excluding hydrogens is 206 g/mol.